The van der Waals surface area contributed by atoms with Gasteiger partial charge in [-0.2, -0.15) is 0 Å². The minimum Gasteiger partial charge on any atom is -0.544 e. The Labute approximate surface area is 128 Å². The van der Waals surface area contributed by atoms with E-state index in [1.54, 1.807) is 25.1 Å². The molecule has 6 nitrogen and oxygen atoms in total. The van der Waals surface area contributed by atoms with Crippen LogP contribution in [0.2, 0.25) is 5.02 Å². The molecule has 7 heteroatoms. The number of halogens is 1. The van der Waals surface area contributed by atoms with Crippen LogP contribution in [0, 0.1) is 6.92 Å². The number of hydrogen-bond donors (Lipinski definition) is 3. The van der Waals surface area contributed by atoms with Crippen molar-refractivity contribution < 1.29 is 25.1 Å². The zero-order valence-electron chi connectivity index (χ0n) is 11.9. The molecule has 0 aromatic heterocycles. The van der Waals surface area contributed by atoms with E-state index in [1.807, 2.05) is 0 Å². The number of hydrogen-bond acceptors (Lipinski definition) is 4. The Morgan fingerprint density at radius 1 is 1.48 bits per heavy atom. The average molecular weight is 315 g/mol. The molecule has 0 heterocycles. The molecule has 0 fully saturated rings. The average Bonchev–Trinajstić information content (AvgIpc) is 2.39. The van der Waals surface area contributed by atoms with Gasteiger partial charge in [0.2, 0.25) is 5.91 Å². The van der Waals surface area contributed by atoms with Gasteiger partial charge in [0.1, 0.15) is 12.6 Å². The van der Waals surface area contributed by atoms with E-state index in [1.165, 1.54) is 12.2 Å². The highest BCUT2D eigenvalue weighted by Gasteiger charge is 2.19. The van der Waals surface area contributed by atoms with E-state index in [4.69, 9.17) is 16.7 Å². The number of nitrogens with one attached hydrogen (secondary N) is 1. The number of aliphatic hydroxyl groups is 1. The Morgan fingerprint density at radius 2 is 2.14 bits per heavy atom. The van der Waals surface area contributed by atoms with Gasteiger partial charge in [0.25, 0.3) is 0 Å². The minimum atomic E-state index is -1.34. The zero-order chi connectivity index (χ0) is 16.0. The summed E-state index contributed by atoms with van der Waals surface area (Å²) >= 11 is 5.95. The quantitative estimate of drug-likeness (QED) is 0.602. The molecule has 0 radical (unpaired) electrons. The highest BCUT2D eigenvalue weighted by Crippen LogP contribution is 2.22. The maximum Gasteiger partial charge on any atom is 0.230 e. The number of amides is 1. The number of carboxylic acid groups (broad SMARTS) is 1. The summed E-state index contributed by atoms with van der Waals surface area (Å²) in [6.45, 7) is 3.48. The van der Waals surface area contributed by atoms with E-state index in [2.05, 4.69) is 5.32 Å². The van der Waals surface area contributed by atoms with Crippen LogP contribution < -0.4 is 15.7 Å². The van der Waals surface area contributed by atoms with Crippen molar-refractivity contribution in [2.24, 2.45) is 0 Å². The van der Waals surface area contributed by atoms with Crippen molar-refractivity contribution in [3.8, 4) is 0 Å². The second kappa shape index (κ2) is 7.97. The van der Waals surface area contributed by atoms with E-state index < -0.39 is 24.0 Å². The Morgan fingerprint density at radius 3 is 2.71 bits per heavy atom. The number of anilines is 1. The molecule has 1 amide bonds. The Kier molecular flexibility index (Phi) is 6.61. The van der Waals surface area contributed by atoms with Gasteiger partial charge in [-0.3, -0.25) is 4.79 Å². The van der Waals surface area contributed by atoms with Crippen molar-refractivity contribution in [2.45, 2.75) is 32.4 Å². The van der Waals surface area contributed by atoms with Crippen molar-refractivity contribution in [1.82, 2.24) is 0 Å². The van der Waals surface area contributed by atoms with Crippen LogP contribution in [0.5, 0.6) is 0 Å². The third-order valence-electron chi connectivity index (χ3n) is 3.01. The summed E-state index contributed by atoms with van der Waals surface area (Å²) < 4.78 is 0. The monoisotopic (exact) mass is 314 g/mol. The van der Waals surface area contributed by atoms with E-state index in [9.17, 15) is 14.7 Å². The van der Waals surface area contributed by atoms with Crippen LogP contribution in [0.25, 0.3) is 0 Å². The molecule has 0 aliphatic heterocycles. The Hall–Kier alpha value is -1.63. The molecule has 0 bridgehead atoms. The van der Waals surface area contributed by atoms with Gasteiger partial charge in [-0.1, -0.05) is 17.7 Å². The van der Waals surface area contributed by atoms with Gasteiger partial charge in [0, 0.05) is 10.7 Å². The first-order valence-electron chi connectivity index (χ1n) is 6.58. The summed E-state index contributed by atoms with van der Waals surface area (Å²) in [5.41, 5.74) is 1.26. The summed E-state index contributed by atoms with van der Waals surface area (Å²) in [6.07, 6.45) is -0.911. The number of aliphatic hydroxyl groups excluding tert-OH is 1. The first-order chi connectivity index (χ1) is 9.81. The summed E-state index contributed by atoms with van der Waals surface area (Å²) in [6, 6.07) is 4.04. The van der Waals surface area contributed by atoms with Crippen LogP contribution in [0.4, 0.5) is 5.69 Å². The predicted octanol–water partition coefficient (Wildman–Crippen LogP) is -0.960. The van der Waals surface area contributed by atoms with Crippen molar-refractivity contribution in [1.29, 1.82) is 0 Å². The van der Waals surface area contributed by atoms with Crippen LogP contribution in [0.15, 0.2) is 18.2 Å². The van der Waals surface area contributed by atoms with Gasteiger partial charge < -0.3 is 25.6 Å². The fourth-order valence-electron chi connectivity index (χ4n) is 1.77. The number of nitrogens with two attached hydrogens (primary N) is 1. The maximum atomic E-state index is 11.9. The number of benzene rings is 1. The van der Waals surface area contributed by atoms with Crippen molar-refractivity contribution in [3.05, 3.63) is 28.8 Å². The third-order valence-corrected chi connectivity index (χ3v) is 3.42. The molecule has 0 unspecified atom stereocenters. The van der Waals surface area contributed by atoms with E-state index >= 15 is 0 Å². The molecule has 1 rings (SSSR count). The van der Waals surface area contributed by atoms with Gasteiger partial charge in [-0.25, -0.2) is 0 Å². The second-order valence-corrected chi connectivity index (χ2v) is 5.32. The van der Waals surface area contributed by atoms with Crippen LogP contribution in [0.3, 0.4) is 0 Å². The number of rotatable bonds is 7. The van der Waals surface area contributed by atoms with E-state index in [0.717, 1.165) is 0 Å². The molecular formula is C14H19ClN2O4. The molecule has 0 saturated carbocycles. The lowest BCUT2D eigenvalue weighted by Crippen LogP contribution is -2.94. The molecule has 4 N–H and O–H groups in total. The summed E-state index contributed by atoms with van der Waals surface area (Å²) in [5.74, 6) is -1.79. The Bertz CT molecular complexity index is 520. The number of carboxylic acids is 1. The number of aliphatic carboxylic acids is 1. The fourth-order valence-corrected chi connectivity index (χ4v) is 1.94. The number of carbonyl (C=O) groups excluding carboxylic acids is 2. The largest absolute Gasteiger partial charge is 0.544 e. The molecule has 0 spiro atoms. The highest BCUT2D eigenvalue weighted by atomic mass is 35.5. The molecule has 0 aliphatic rings. The fraction of sp³-hybridized carbons (Fsp3) is 0.429. The van der Waals surface area contributed by atoms with Gasteiger partial charge in [-0.15, -0.1) is 0 Å². The lowest BCUT2D eigenvalue weighted by atomic mass is 10.1. The summed E-state index contributed by atoms with van der Waals surface area (Å²) in [4.78, 5) is 22.9. The maximum absolute atomic E-state index is 11.9. The smallest absolute Gasteiger partial charge is 0.230 e. The third kappa shape index (κ3) is 5.71. The lowest BCUT2D eigenvalue weighted by Gasteiger charge is -2.17. The van der Waals surface area contributed by atoms with Gasteiger partial charge in [0.05, 0.1) is 18.5 Å². The van der Waals surface area contributed by atoms with Crippen LogP contribution >= 0.6 is 11.6 Å². The van der Waals surface area contributed by atoms with E-state index in [-0.39, 0.29) is 13.0 Å². The van der Waals surface area contributed by atoms with Crippen LogP contribution in [-0.2, 0) is 9.59 Å². The van der Waals surface area contributed by atoms with Crippen molar-refractivity contribution in [3.63, 3.8) is 0 Å². The summed E-state index contributed by atoms with van der Waals surface area (Å²) in [5, 5.41) is 24.7. The van der Waals surface area contributed by atoms with E-state index in [0.29, 0.717) is 16.3 Å². The van der Waals surface area contributed by atoms with Crippen molar-refractivity contribution in [2.75, 3.05) is 11.9 Å². The molecule has 0 aliphatic carbocycles. The lowest BCUT2D eigenvalue weighted by molar-refractivity contribution is -0.687. The highest BCUT2D eigenvalue weighted by molar-refractivity contribution is 6.31. The minimum absolute atomic E-state index is 0.183. The van der Waals surface area contributed by atoms with Crippen LogP contribution in [-0.4, -0.2) is 35.7 Å². The molecule has 21 heavy (non-hydrogen) atoms. The van der Waals surface area contributed by atoms with Gasteiger partial charge in [-0.05, 0) is 31.5 Å². The standard InChI is InChI=1S/C14H19ClN2O4/c1-8(18)7-16-12(14(20)21)6-13(19)17-11-5-3-4-10(15)9(11)2/h3-5,8,12,16,18H,6-7H2,1-2H3,(H,17,19)(H,20,21)/t8-,12-/m1/s1. The first kappa shape index (κ1) is 17.4. The first-order valence-corrected chi connectivity index (χ1v) is 6.96. The topological polar surface area (TPSA) is 106 Å². The molecular weight excluding hydrogens is 296 g/mol. The molecule has 0 saturated heterocycles. The van der Waals surface area contributed by atoms with Gasteiger partial charge >= 0.3 is 0 Å². The van der Waals surface area contributed by atoms with Crippen molar-refractivity contribution >= 4 is 29.2 Å². The normalized spacial score (nSPS) is 13.5. The summed E-state index contributed by atoms with van der Waals surface area (Å²) in [7, 11) is 0. The van der Waals surface area contributed by atoms with Crippen LogP contribution in [0.1, 0.15) is 18.9 Å². The predicted molar refractivity (Wildman–Crippen MR) is 76.7 cm³/mol. The Balaban J connectivity index is 2.65. The molecule has 1 aromatic rings. The molecule has 2 atom stereocenters. The second-order valence-electron chi connectivity index (χ2n) is 4.91. The molecule has 1 aromatic carbocycles. The number of carbonyl (C=O) groups is 2. The number of quaternary nitrogens is 1. The zero-order valence-corrected chi connectivity index (χ0v) is 12.7. The SMILES string of the molecule is Cc1c(Cl)cccc1NC(=O)C[C@@H]([NH2+]C[C@@H](C)O)C(=O)[O-]. The van der Waals surface area contributed by atoms with Gasteiger partial charge in [0.15, 0.2) is 0 Å². The molecule has 116 valence electrons.